The number of ether oxygens (including phenoxy) is 6. The van der Waals surface area contributed by atoms with Crippen LogP contribution in [0.25, 0.3) is 0 Å². The van der Waals surface area contributed by atoms with Gasteiger partial charge in [0.25, 0.3) is 11.4 Å². The van der Waals surface area contributed by atoms with Crippen molar-refractivity contribution in [2.75, 3.05) is 42.7 Å². The average Bonchev–Trinajstić information content (AvgIpc) is 1.87. The highest BCUT2D eigenvalue weighted by atomic mass is 35.5. The van der Waals surface area contributed by atoms with E-state index < -0.39 is 38.2 Å². The third-order valence-electron chi connectivity index (χ3n) is 14.5. The highest BCUT2D eigenvalue weighted by Gasteiger charge is 2.32. The third-order valence-corrected chi connectivity index (χ3v) is 15.3. The molecule has 0 radical (unpaired) electrons. The Balaban J connectivity index is 0. The average molecular weight is 1670 g/mol. The number of pyridine rings is 1. The van der Waals surface area contributed by atoms with Crippen LogP contribution in [0.4, 0.5) is 47.8 Å². The number of benzene rings is 8. The molecule has 0 fully saturated rings. The summed E-state index contributed by atoms with van der Waals surface area (Å²) >= 11 is 11.3. The first-order chi connectivity index (χ1) is 55.0. The third kappa shape index (κ3) is 46.4. The van der Waals surface area contributed by atoms with Crippen molar-refractivity contribution in [1.82, 2.24) is 15.0 Å². The number of nitro benzene ring substituents is 2. The second-order valence-corrected chi connectivity index (χ2v) is 24.9. The van der Waals surface area contributed by atoms with Crippen molar-refractivity contribution in [1.29, 1.82) is 5.26 Å². The van der Waals surface area contributed by atoms with E-state index in [-0.39, 0.29) is 28.4 Å². The van der Waals surface area contributed by atoms with E-state index in [1.165, 1.54) is 60.5 Å². The predicted molar refractivity (Wildman–Crippen MR) is 448 cm³/mol. The number of aromatic nitrogens is 3. The van der Waals surface area contributed by atoms with Crippen LogP contribution in [0.5, 0.6) is 34.5 Å². The van der Waals surface area contributed by atoms with E-state index >= 15 is 0 Å². The van der Waals surface area contributed by atoms with Crippen LogP contribution in [-0.2, 0) is 12.4 Å². The Morgan fingerprint density at radius 3 is 1.33 bits per heavy atom. The minimum Gasteiger partial charge on any atom is -0.497 e. The maximum absolute atomic E-state index is 12.3. The molecule has 3 heterocycles. The number of terminal acetylenes is 1. The molecule has 0 bridgehead atoms. The lowest BCUT2D eigenvalue weighted by Gasteiger charge is -2.08. The Morgan fingerprint density at radius 2 is 0.974 bits per heavy atom. The molecule has 0 aliphatic rings. The second kappa shape index (κ2) is 58.3. The summed E-state index contributed by atoms with van der Waals surface area (Å²) in [5, 5.41) is 39.4. The summed E-state index contributed by atoms with van der Waals surface area (Å²) < 4.78 is 120. The lowest BCUT2D eigenvalue weighted by molar-refractivity contribution is -0.394. The van der Waals surface area contributed by atoms with E-state index in [0.29, 0.717) is 38.9 Å². The number of non-ortho nitro benzene ring substituents is 2. The van der Waals surface area contributed by atoms with E-state index in [1.807, 2.05) is 153 Å². The quantitative estimate of drug-likeness (QED) is 0.0563. The number of nitro groups is 3. The van der Waals surface area contributed by atoms with Crippen molar-refractivity contribution in [3.05, 3.63) is 337 Å². The van der Waals surface area contributed by atoms with Crippen LogP contribution in [-0.4, -0.2) is 72.4 Å². The van der Waals surface area contributed by atoms with Gasteiger partial charge in [-0.1, -0.05) is 115 Å². The maximum Gasteiger partial charge on any atom is 0.416 e. The molecular formula is C88H100Cl2F7N7O13. The molecule has 0 aliphatic heterocycles. The molecule has 11 rings (SSSR count). The highest BCUT2D eigenvalue weighted by molar-refractivity contribution is 6.42. The van der Waals surface area contributed by atoms with Crippen LogP contribution in [0, 0.1) is 150 Å². The molecule has 0 N–H and O–H groups in total. The van der Waals surface area contributed by atoms with Crippen LogP contribution in [0.2, 0.25) is 10.0 Å². The van der Waals surface area contributed by atoms with Gasteiger partial charge >= 0.3 is 18.0 Å². The zero-order chi connectivity index (χ0) is 89.6. The maximum atomic E-state index is 12.3. The van der Waals surface area contributed by atoms with Crippen molar-refractivity contribution in [2.24, 2.45) is 0 Å². The molecule has 0 unspecified atom stereocenters. The van der Waals surface area contributed by atoms with Gasteiger partial charge in [0.1, 0.15) is 40.9 Å². The Kier molecular flexibility index (Phi) is 53.0. The number of hydrogen-bond donors (Lipinski definition) is 0. The first-order valence-electron chi connectivity index (χ1n) is 34.9. The largest absolute Gasteiger partial charge is 0.497 e. The van der Waals surface area contributed by atoms with Crippen molar-refractivity contribution in [2.45, 2.75) is 123 Å². The smallest absolute Gasteiger partial charge is 0.416 e. The van der Waals surface area contributed by atoms with E-state index in [1.54, 1.807) is 114 Å². The van der Waals surface area contributed by atoms with Gasteiger partial charge in [0, 0.05) is 54.0 Å². The summed E-state index contributed by atoms with van der Waals surface area (Å²) in [5.41, 5.74) is 9.46. The summed E-state index contributed by atoms with van der Waals surface area (Å²) in [5.74, 6) is 7.66. The Morgan fingerprint density at radius 1 is 0.479 bits per heavy atom. The SMILES string of the molecule is C#CC.CCC#N.COc1ccc(C)c(OC)c1.COc1ccc(C)cc1OC.COc1cccc(OC)c1C.Cc1cc([N+](=O)[O-])cc([N+](=O)[O-])c1.Cc1cc([N+](=O)[O-])co1.Cc1ccc(Cl)c(Cl)c1.Cc1cccc(C(F)(F)F)c1.Cc1ccccc1C(F)(F)F.Cc1ccccc1F.Cc1ccnc(C)c1.Cc1cncnc1C. The van der Waals surface area contributed by atoms with Crippen LogP contribution in [0.15, 0.2) is 211 Å². The van der Waals surface area contributed by atoms with Gasteiger partial charge in [0.2, 0.25) is 0 Å². The van der Waals surface area contributed by atoms with Crippen molar-refractivity contribution < 1.29 is 78.3 Å². The van der Waals surface area contributed by atoms with Gasteiger partial charge in [-0.05, 0) is 214 Å². The first kappa shape index (κ1) is 106. The monoisotopic (exact) mass is 1670 g/mol. The molecule has 11 aromatic rings. The number of rotatable bonds is 9. The molecule has 3 aromatic heterocycles. The fourth-order valence-electron chi connectivity index (χ4n) is 8.40. The highest BCUT2D eigenvalue weighted by Crippen LogP contribution is 2.33. The second-order valence-electron chi connectivity index (χ2n) is 24.1. The zero-order valence-corrected chi connectivity index (χ0v) is 70.8. The van der Waals surface area contributed by atoms with Crippen LogP contribution in [0.1, 0.15) is 104 Å². The van der Waals surface area contributed by atoms with Gasteiger partial charge in [0.05, 0.1) is 96.8 Å². The summed E-state index contributed by atoms with van der Waals surface area (Å²) in [7, 11) is 9.87. The number of alkyl halides is 6. The molecule has 0 saturated carbocycles. The number of nitriles is 1. The van der Waals surface area contributed by atoms with E-state index in [2.05, 4.69) is 44.7 Å². The number of nitrogens with zero attached hydrogens (tertiary/aromatic N) is 7. The molecule has 0 atom stereocenters. The molecular weight excluding hydrogens is 1570 g/mol. The first-order valence-corrected chi connectivity index (χ1v) is 35.7. The predicted octanol–water partition coefficient (Wildman–Crippen LogP) is 25.2. The number of methoxy groups -OCH3 is 6. The van der Waals surface area contributed by atoms with Gasteiger partial charge in [-0.15, -0.1) is 12.3 Å². The van der Waals surface area contributed by atoms with Crippen molar-refractivity contribution in [3.8, 4) is 52.9 Å². The van der Waals surface area contributed by atoms with Crippen LogP contribution >= 0.6 is 23.2 Å². The van der Waals surface area contributed by atoms with Gasteiger partial charge < -0.3 is 32.8 Å². The van der Waals surface area contributed by atoms with Gasteiger partial charge in [-0.2, -0.15) is 31.6 Å². The summed E-state index contributed by atoms with van der Waals surface area (Å²) in [6.45, 7) is 27.5. The molecule has 29 heteroatoms. The zero-order valence-electron chi connectivity index (χ0n) is 69.3. The van der Waals surface area contributed by atoms with E-state index in [4.69, 9.17) is 56.9 Å². The summed E-state index contributed by atoms with van der Waals surface area (Å²) in [6, 6.07) is 51.2. The van der Waals surface area contributed by atoms with Crippen molar-refractivity contribution >= 4 is 40.3 Å². The number of furan rings is 1. The molecule has 628 valence electrons. The fraction of sp³-hybridized carbons (Fsp3) is 0.273. The lowest BCUT2D eigenvalue weighted by Crippen LogP contribution is -2.06. The standard InChI is InChI=1S/3C9H12O2.2C8H7F3.C7H6Cl2.C7H7F.C7H6N2O4.C7H9N.C6H8N2.C5H5NO3.C3H5N.C3H4/c1-7-4-5-8(10-2)6-9(7)11-3;1-7-4-5-8(10-2)9(6-7)11-3;1-7-8(10-2)5-4-6-9(7)11-3;1-6-3-2-4-7(5-6)8(9,10)11;1-6-4-2-3-5-7(6)8(9,10)11;1-5-2-3-6(8)7(9)4-5;1-6-4-2-3-5-7(6)8;1-5-2-6(8(10)11)4-7(3-5)9(12)13;1-6-3-4-8-7(2)5-6;1-5-3-7-4-8-6(5)2;1-4-2-5(3-9-4)6(7)8;1-2-3-4;1-3-2/h3*4-6H,1-3H3;2*2-5H,1H3;2-4H,1H3;2-5H,1H3;2-4H,1H3;3-5H,1-2H3;3-4H,1-2H3;2-3H,1H3;2H2,1H3;1H,2H3. The molecule has 0 amide bonds. The molecule has 0 saturated heterocycles. The molecule has 0 spiro atoms. The van der Waals surface area contributed by atoms with Gasteiger partial charge in [0.15, 0.2) is 17.8 Å². The van der Waals surface area contributed by atoms with Crippen molar-refractivity contribution in [3.63, 3.8) is 0 Å². The molecule has 20 nitrogen and oxygen atoms in total. The minimum atomic E-state index is -4.22. The molecule has 0 aliphatic carbocycles. The fourth-order valence-corrected chi connectivity index (χ4v) is 8.75. The van der Waals surface area contributed by atoms with Gasteiger partial charge in [-0.3, -0.25) is 35.3 Å². The topological polar surface area (TPSA) is 260 Å². The normalized spacial score (nSPS) is 9.50. The number of aryl methyl sites for hydroxylation is 12. The van der Waals surface area contributed by atoms with E-state index in [9.17, 15) is 61.1 Å². The lowest BCUT2D eigenvalue weighted by atomic mass is 10.1. The minimum absolute atomic E-state index is 0.00694. The Hall–Kier alpha value is -12.6. The Bertz CT molecular complexity index is 4700. The number of halogens is 9. The molecule has 117 heavy (non-hydrogen) atoms. The summed E-state index contributed by atoms with van der Waals surface area (Å²) in [4.78, 5) is 40.6. The van der Waals surface area contributed by atoms with Gasteiger partial charge in [-0.25, -0.2) is 14.4 Å². The van der Waals surface area contributed by atoms with E-state index in [0.717, 1.165) is 98.7 Å². The van der Waals surface area contributed by atoms with Crippen LogP contribution < -0.4 is 28.4 Å². The number of hydrogen-bond acceptors (Lipinski definition) is 17. The summed E-state index contributed by atoms with van der Waals surface area (Å²) in [6.07, 6.45) is 3.10. The Labute approximate surface area is 690 Å². The molecule has 8 aromatic carbocycles. The van der Waals surface area contributed by atoms with Crippen LogP contribution in [0.3, 0.4) is 0 Å².